The van der Waals surface area contributed by atoms with E-state index >= 15 is 0 Å². The van der Waals surface area contributed by atoms with Crippen LogP contribution in [0.1, 0.15) is 5.56 Å². The van der Waals surface area contributed by atoms with E-state index in [1.165, 1.54) is 0 Å². The fourth-order valence-electron chi connectivity index (χ4n) is 2.59. The largest absolute Gasteiger partial charge is 0.484 e. The van der Waals surface area contributed by atoms with Crippen molar-refractivity contribution in [3.05, 3.63) is 60.2 Å². The molecule has 1 aliphatic rings. The molecule has 0 unspecified atom stereocenters. The minimum absolute atomic E-state index is 0.0332. The quantitative estimate of drug-likeness (QED) is 0.884. The Morgan fingerprint density at radius 1 is 1.09 bits per heavy atom. The zero-order valence-electron chi connectivity index (χ0n) is 12.7. The number of carbonyl (C=O) groups is 2. The van der Waals surface area contributed by atoms with Crippen LogP contribution in [-0.2, 0) is 16.0 Å². The van der Waals surface area contributed by atoms with Crippen LogP contribution in [0.25, 0.3) is 0 Å². The van der Waals surface area contributed by atoms with E-state index in [-0.39, 0.29) is 18.4 Å². The third-order valence-electron chi connectivity index (χ3n) is 3.70. The number of hydrogen-bond donors (Lipinski definition) is 1. The predicted octanol–water partition coefficient (Wildman–Crippen LogP) is 1.77. The van der Waals surface area contributed by atoms with Gasteiger partial charge in [0.2, 0.25) is 5.91 Å². The molecule has 0 aromatic heterocycles. The van der Waals surface area contributed by atoms with E-state index in [0.717, 1.165) is 11.3 Å². The van der Waals surface area contributed by atoms with Gasteiger partial charge in [-0.1, -0.05) is 36.4 Å². The second-order valence-corrected chi connectivity index (χ2v) is 5.30. The second-order valence-electron chi connectivity index (χ2n) is 5.30. The lowest BCUT2D eigenvalue weighted by Gasteiger charge is -2.17. The molecule has 2 aromatic carbocycles. The van der Waals surface area contributed by atoms with Crippen molar-refractivity contribution in [3.63, 3.8) is 0 Å². The number of hydrogen-bond acceptors (Lipinski definition) is 3. The van der Waals surface area contributed by atoms with Gasteiger partial charge < -0.3 is 15.0 Å². The number of ether oxygens (including phenoxy) is 1. The average molecular weight is 310 g/mol. The summed E-state index contributed by atoms with van der Waals surface area (Å²) in [5.74, 6) is 0.529. The van der Waals surface area contributed by atoms with E-state index < -0.39 is 0 Å². The first-order chi connectivity index (χ1) is 11.2. The molecule has 0 atom stereocenters. The van der Waals surface area contributed by atoms with Crippen molar-refractivity contribution in [1.29, 1.82) is 0 Å². The molecular weight excluding hydrogens is 292 g/mol. The zero-order chi connectivity index (χ0) is 16.1. The molecule has 0 bridgehead atoms. The van der Waals surface area contributed by atoms with Crippen LogP contribution in [-0.4, -0.2) is 31.5 Å². The van der Waals surface area contributed by atoms with Crippen molar-refractivity contribution in [1.82, 2.24) is 5.32 Å². The first-order valence-electron chi connectivity index (χ1n) is 7.57. The Bertz CT molecular complexity index is 700. The van der Waals surface area contributed by atoms with Gasteiger partial charge in [0.25, 0.3) is 5.91 Å². The number of nitrogens with zero attached hydrogens (tertiary/aromatic N) is 1. The van der Waals surface area contributed by atoms with E-state index in [1.807, 2.05) is 42.5 Å². The number of rotatable bonds is 6. The van der Waals surface area contributed by atoms with Crippen molar-refractivity contribution >= 4 is 17.5 Å². The van der Waals surface area contributed by atoms with E-state index in [1.54, 1.807) is 17.0 Å². The predicted molar refractivity (Wildman–Crippen MR) is 87.4 cm³/mol. The van der Waals surface area contributed by atoms with Crippen LogP contribution in [0.2, 0.25) is 0 Å². The fourth-order valence-corrected chi connectivity index (χ4v) is 2.59. The summed E-state index contributed by atoms with van der Waals surface area (Å²) < 4.78 is 5.38. The monoisotopic (exact) mass is 310 g/mol. The van der Waals surface area contributed by atoms with Gasteiger partial charge in [0.05, 0.1) is 6.42 Å². The molecule has 0 aliphatic carbocycles. The van der Waals surface area contributed by atoms with Crippen LogP contribution >= 0.6 is 0 Å². The van der Waals surface area contributed by atoms with Gasteiger partial charge in [-0.25, -0.2) is 0 Å². The van der Waals surface area contributed by atoms with Crippen LogP contribution in [0, 0.1) is 0 Å². The summed E-state index contributed by atoms with van der Waals surface area (Å²) in [6.07, 6.45) is 0.432. The van der Waals surface area contributed by atoms with Gasteiger partial charge in [-0.2, -0.15) is 0 Å². The molecule has 5 heteroatoms. The molecule has 23 heavy (non-hydrogen) atoms. The van der Waals surface area contributed by atoms with Crippen molar-refractivity contribution in [2.24, 2.45) is 0 Å². The SMILES string of the molecule is O=C(COc1ccccc1)NCCN1C(=O)Cc2ccccc21. The highest BCUT2D eigenvalue weighted by atomic mass is 16.5. The topological polar surface area (TPSA) is 58.6 Å². The van der Waals surface area contributed by atoms with Gasteiger partial charge in [-0.05, 0) is 23.8 Å². The highest BCUT2D eigenvalue weighted by Crippen LogP contribution is 2.27. The molecule has 0 fully saturated rings. The highest BCUT2D eigenvalue weighted by molar-refractivity contribution is 6.01. The Morgan fingerprint density at radius 2 is 1.83 bits per heavy atom. The molecule has 1 heterocycles. The Kier molecular flexibility index (Phi) is 4.57. The molecule has 0 saturated heterocycles. The molecule has 0 spiro atoms. The van der Waals surface area contributed by atoms with E-state index in [4.69, 9.17) is 4.74 Å². The Balaban J connectivity index is 1.44. The molecule has 1 aliphatic heterocycles. The van der Waals surface area contributed by atoms with Crippen LogP contribution in [0.3, 0.4) is 0 Å². The number of anilines is 1. The summed E-state index contributed by atoms with van der Waals surface area (Å²) in [6.45, 7) is 0.832. The highest BCUT2D eigenvalue weighted by Gasteiger charge is 2.26. The number of para-hydroxylation sites is 2. The Labute approximate surface area is 134 Å². The third kappa shape index (κ3) is 3.69. The lowest BCUT2D eigenvalue weighted by molar-refractivity contribution is -0.123. The maximum Gasteiger partial charge on any atom is 0.258 e. The summed E-state index contributed by atoms with van der Waals surface area (Å²) in [6, 6.07) is 16.9. The third-order valence-corrected chi connectivity index (χ3v) is 3.70. The van der Waals surface area contributed by atoms with Crippen LogP contribution in [0.4, 0.5) is 5.69 Å². The summed E-state index contributed by atoms with van der Waals surface area (Å²) in [4.78, 5) is 25.5. The second kappa shape index (κ2) is 6.96. The van der Waals surface area contributed by atoms with Gasteiger partial charge in [0.1, 0.15) is 5.75 Å². The standard InChI is InChI=1S/C18H18N2O3/c21-17(13-23-15-7-2-1-3-8-15)19-10-11-20-16-9-5-4-6-14(16)12-18(20)22/h1-9H,10-13H2,(H,19,21). The summed E-state index contributed by atoms with van der Waals surface area (Å²) in [5, 5.41) is 2.77. The summed E-state index contributed by atoms with van der Waals surface area (Å²) >= 11 is 0. The number of nitrogens with one attached hydrogen (secondary N) is 1. The minimum atomic E-state index is -0.200. The number of fused-ring (bicyclic) bond motifs is 1. The van der Waals surface area contributed by atoms with Crippen molar-refractivity contribution in [3.8, 4) is 5.75 Å². The van der Waals surface area contributed by atoms with Crippen LogP contribution in [0.5, 0.6) is 5.75 Å². The summed E-state index contributed by atoms with van der Waals surface area (Å²) in [5.41, 5.74) is 1.98. The van der Waals surface area contributed by atoms with E-state index in [2.05, 4.69) is 5.32 Å². The fraction of sp³-hybridized carbons (Fsp3) is 0.222. The molecule has 118 valence electrons. The number of amides is 2. The van der Waals surface area contributed by atoms with Gasteiger partial charge in [0.15, 0.2) is 6.61 Å². The van der Waals surface area contributed by atoms with Crippen LogP contribution < -0.4 is 15.0 Å². The average Bonchev–Trinajstić information content (AvgIpc) is 2.90. The molecule has 0 radical (unpaired) electrons. The maximum absolute atomic E-state index is 12.0. The Morgan fingerprint density at radius 3 is 2.65 bits per heavy atom. The molecule has 2 aromatic rings. The molecule has 1 N–H and O–H groups in total. The van der Waals surface area contributed by atoms with Gasteiger partial charge in [-0.15, -0.1) is 0 Å². The van der Waals surface area contributed by atoms with Gasteiger partial charge in [0, 0.05) is 18.8 Å². The van der Waals surface area contributed by atoms with Crippen molar-refractivity contribution in [2.45, 2.75) is 6.42 Å². The lowest BCUT2D eigenvalue weighted by atomic mass is 10.2. The normalized spacial score (nSPS) is 12.9. The Hall–Kier alpha value is -2.82. The molecule has 0 saturated carbocycles. The summed E-state index contributed by atoms with van der Waals surface area (Å²) in [7, 11) is 0. The number of benzene rings is 2. The van der Waals surface area contributed by atoms with E-state index in [9.17, 15) is 9.59 Å². The molecular formula is C18H18N2O3. The minimum Gasteiger partial charge on any atom is -0.484 e. The molecule has 2 amide bonds. The molecule has 5 nitrogen and oxygen atoms in total. The van der Waals surface area contributed by atoms with Gasteiger partial charge >= 0.3 is 0 Å². The van der Waals surface area contributed by atoms with Crippen molar-refractivity contribution < 1.29 is 14.3 Å². The van der Waals surface area contributed by atoms with Crippen molar-refractivity contribution in [2.75, 3.05) is 24.6 Å². The van der Waals surface area contributed by atoms with E-state index in [0.29, 0.717) is 25.3 Å². The first kappa shape index (κ1) is 15.1. The van der Waals surface area contributed by atoms with Crippen LogP contribution in [0.15, 0.2) is 54.6 Å². The smallest absolute Gasteiger partial charge is 0.258 e. The first-order valence-corrected chi connectivity index (χ1v) is 7.57. The van der Waals surface area contributed by atoms with Gasteiger partial charge in [-0.3, -0.25) is 9.59 Å². The lowest BCUT2D eigenvalue weighted by Crippen LogP contribution is -2.38. The maximum atomic E-state index is 12.0. The molecule has 3 rings (SSSR count). The zero-order valence-corrected chi connectivity index (χ0v) is 12.7. The number of carbonyl (C=O) groups excluding carboxylic acids is 2.